The zero-order valence-corrected chi connectivity index (χ0v) is 8.03. The van der Waals surface area contributed by atoms with Crippen LogP contribution in [0.4, 0.5) is 5.69 Å². The van der Waals surface area contributed by atoms with E-state index >= 15 is 0 Å². The molecule has 0 saturated heterocycles. The Kier molecular flexibility index (Phi) is 3.97. The number of thioether (sulfide) groups is 1. The summed E-state index contributed by atoms with van der Waals surface area (Å²) < 4.78 is 0. The van der Waals surface area contributed by atoms with Gasteiger partial charge in [0.25, 0.3) is 0 Å². The molecule has 0 aliphatic heterocycles. The summed E-state index contributed by atoms with van der Waals surface area (Å²) in [5.41, 5.74) is 7.72. The number of nitrogens with two attached hydrogens (primary N) is 1. The molecule has 0 aliphatic rings. The summed E-state index contributed by atoms with van der Waals surface area (Å²) in [6, 6.07) is 8.01. The second kappa shape index (κ2) is 5.06. The minimum atomic E-state index is 0.831. The molecule has 3 heteroatoms. The smallest absolute Gasteiger partial charge is 0.0418 e. The topological polar surface area (TPSA) is 38.0 Å². The van der Waals surface area contributed by atoms with Crippen LogP contribution in [-0.2, 0) is 5.75 Å². The largest absolute Gasteiger partial charge is 0.399 e. The van der Waals surface area contributed by atoms with Gasteiger partial charge in [-0.25, -0.2) is 0 Å². The quantitative estimate of drug-likeness (QED) is 0.423. The molecule has 0 spiro atoms. The third-order valence-corrected chi connectivity index (χ3v) is 2.53. The van der Waals surface area contributed by atoms with Crippen molar-refractivity contribution in [2.45, 2.75) is 5.75 Å². The standard InChI is InChI=1S/C9H14N2S/c1-11-7-12-6-8-2-4-9(10)5-3-8/h2-5,11H,6-7,10H2,1H3. The molecule has 0 amide bonds. The fourth-order valence-electron chi connectivity index (χ4n) is 0.885. The van der Waals surface area contributed by atoms with Crippen molar-refractivity contribution in [1.29, 1.82) is 0 Å². The minimum Gasteiger partial charge on any atom is -0.399 e. The maximum atomic E-state index is 5.56. The number of rotatable bonds is 4. The molecule has 3 N–H and O–H groups in total. The van der Waals surface area contributed by atoms with Gasteiger partial charge in [0.15, 0.2) is 0 Å². The molecular formula is C9H14N2S. The van der Waals surface area contributed by atoms with Crippen LogP contribution in [0.25, 0.3) is 0 Å². The third-order valence-electron chi connectivity index (χ3n) is 1.49. The van der Waals surface area contributed by atoms with E-state index < -0.39 is 0 Å². The van der Waals surface area contributed by atoms with E-state index in [1.165, 1.54) is 5.56 Å². The van der Waals surface area contributed by atoms with E-state index in [4.69, 9.17) is 5.73 Å². The highest BCUT2D eigenvalue weighted by Gasteiger charge is 1.91. The Bertz CT molecular complexity index is 220. The van der Waals surface area contributed by atoms with Gasteiger partial charge < -0.3 is 11.1 Å². The summed E-state index contributed by atoms with van der Waals surface area (Å²) in [4.78, 5) is 0. The van der Waals surface area contributed by atoms with Gasteiger partial charge in [-0.05, 0) is 24.7 Å². The van der Waals surface area contributed by atoms with Gasteiger partial charge in [0.1, 0.15) is 0 Å². The van der Waals surface area contributed by atoms with Gasteiger partial charge in [0.05, 0.1) is 0 Å². The maximum absolute atomic E-state index is 5.56. The summed E-state index contributed by atoms with van der Waals surface area (Å²) in [5, 5.41) is 3.09. The predicted octanol–water partition coefficient (Wildman–Crippen LogP) is 1.68. The third kappa shape index (κ3) is 3.15. The van der Waals surface area contributed by atoms with Crippen molar-refractivity contribution in [1.82, 2.24) is 5.32 Å². The van der Waals surface area contributed by atoms with Crippen LogP contribution in [0.1, 0.15) is 5.56 Å². The summed E-state index contributed by atoms with van der Waals surface area (Å²) >= 11 is 1.86. The van der Waals surface area contributed by atoms with E-state index in [1.807, 2.05) is 30.9 Å². The molecule has 1 aromatic rings. The highest BCUT2D eigenvalue weighted by Crippen LogP contribution is 2.12. The number of benzene rings is 1. The highest BCUT2D eigenvalue weighted by atomic mass is 32.2. The van der Waals surface area contributed by atoms with Gasteiger partial charge in [0, 0.05) is 17.3 Å². The lowest BCUT2D eigenvalue weighted by Gasteiger charge is -2.00. The Morgan fingerprint density at radius 3 is 2.58 bits per heavy atom. The number of hydrogen-bond acceptors (Lipinski definition) is 3. The zero-order chi connectivity index (χ0) is 8.81. The number of nitrogen functional groups attached to an aromatic ring is 1. The first-order valence-corrected chi connectivity index (χ1v) is 5.05. The van der Waals surface area contributed by atoms with Crippen molar-refractivity contribution in [3.8, 4) is 0 Å². The molecule has 66 valence electrons. The van der Waals surface area contributed by atoms with Crippen molar-refractivity contribution in [3.63, 3.8) is 0 Å². The zero-order valence-electron chi connectivity index (χ0n) is 7.21. The first-order valence-electron chi connectivity index (χ1n) is 3.89. The number of hydrogen-bond donors (Lipinski definition) is 2. The lowest BCUT2D eigenvalue weighted by molar-refractivity contribution is 0.981. The maximum Gasteiger partial charge on any atom is 0.0418 e. The molecular weight excluding hydrogens is 168 g/mol. The first kappa shape index (κ1) is 9.42. The van der Waals surface area contributed by atoms with Crippen LogP contribution in [0.3, 0.4) is 0 Å². The van der Waals surface area contributed by atoms with Gasteiger partial charge in [-0.15, -0.1) is 11.8 Å². The molecule has 2 nitrogen and oxygen atoms in total. The molecule has 1 aromatic carbocycles. The molecule has 0 unspecified atom stereocenters. The van der Waals surface area contributed by atoms with Crippen molar-refractivity contribution < 1.29 is 0 Å². The second-order valence-electron chi connectivity index (χ2n) is 2.59. The lowest BCUT2D eigenvalue weighted by atomic mass is 10.2. The molecule has 0 atom stereocenters. The molecule has 0 radical (unpaired) electrons. The van der Waals surface area contributed by atoms with Crippen molar-refractivity contribution in [3.05, 3.63) is 29.8 Å². The van der Waals surface area contributed by atoms with Crippen molar-refractivity contribution in [2.24, 2.45) is 0 Å². The monoisotopic (exact) mass is 182 g/mol. The van der Waals surface area contributed by atoms with Crippen LogP contribution in [-0.4, -0.2) is 12.9 Å². The van der Waals surface area contributed by atoms with Crippen molar-refractivity contribution >= 4 is 17.4 Å². The summed E-state index contributed by atoms with van der Waals surface area (Å²) in [6.45, 7) is 0. The van der Waals surface area contributed by atoms with Gasteiger partial charge in [-0.1, -0.05) is 12.1 Å². The van der Waals surface area contributed by atoms with Crippen LogP contribution in [0.5, 0.6) is 0 Å². The van der Waals surface area contributed by atoms with Crippen LogP contribution in [0.2, 0.25) is 0 Å². The lowest BCUT2D eigenvalue weighted by Crippen LogP contribution is -2.03. The Balaban J connectivity index is 2.37. The van der Waals surface area contributed by atoms with Crippen LogP contribution < -0.4 is 11.1 Å². The molecule has 0 bridgehead atoms. The Labute approximate surface area is 77.5 Å². The summed E-state index contributed by atoms with van der Waals surface area (Å²) in [5.74, 6) is 2.03. The van der Waals surface area contributed by atoms with Crippen LogP contribution in [0.15, 0.2) is 24.3 Å². The van der Waals surface area contributed by atoms with Crippen LogP contribution in [0, 0.1) is 0 Å². The SMILES string of the molecule is CNCSCc1ccc(N)cc1. The van der Waals surface area contributed by atoms with Gasteiger partial charge in [-0.2, -0.15) is 0 Å². The van der Waals surface area contributed by atoms with E-state index in [-0.39, 0.29) is 0 Å². The Morgan fingerprint density at radius 2 is 2.00 bits per heavy atom. The van der Waals surface area contributed by atoms with Gasteiger partial charge >= 0.3 is 0 Å². The van der Waals surface area contributed by atoms with E-state index in [0.717, 1.165) is 17.3 Å². The molecule has 0 saturated carbocycles. The first-order chi connectivity index (χ1) is 5.83. The molecule has 0 fully saturated rings. The van der Waals surface area contributed by atoms with E-state index in [0.29, 0.717) is 0 Å². The van der Waals surface area contributed by atoms with Gasteiger partial charge in [0.2, 0.25) is 0 Å². The summed E-state index contributed by atoms with van der Waals surface area (Å²) in [7, 11) is 1.95. The van der Waals surface area contributed by atoms with Gasteiger partial charge in [-0.3, -0.25) is 0 Å². The molecule has 1 rings (SSSR count). The fraction of sp³-hybridized carbons (Fsp3) is 0.333. The van der Waals surface area contributed by atoms with E-state index in [1.54, 1.807) is 0 Å². The predicted molar refractivity (Wildman–Crippen MR) is 56.1 cm³/mol. The molecule has 0 aromatic heterocycles. The van der Waals surface area contributed by atoms with E-state index in [9.17, 15) is 0 Å². The summed E-state index contributed by atoms with van der Waals surface area (Å²) in [6.07, 6.45) is 0. The fourth-order valence-corrected chi connectivity index (χ4v) is 1.62. The molecule has 0 heterocycles. The Morgan fingerprint density at radius 1 is 1.33 bits per heavy atom. The number of nitrogens with one attached hydrogen (secondary N) is 1. The van der Waals surface area contributed by atoms with E-state index in [2.05, 4.69) is 17.4 Å². The minimum absolute atomic E-state index is 0.831. The normalized spacial score (nSPS) is 10.1. The second-order valence-corrected chi connectivity index (χ2v) is 3.57. The molecule has 0 aliphatic carbocycles. The average Bonchev–Trinajstić information content (AvgIpc) is 2.09. The average molecular weight is 182 g/mol. The van der Waals surface area contributed by atoms with Crippen LogP contribution >= 0.6 is 11.8 Å². The molecule has 12 heavy (non-hydrogen) atoms. The number of anilines is 1. The highest BCUT2D eigenvalue weighted by molar-refractivity contribution is 7.98. The van der Waals surface area contributed by atoms with Crippen molar-refractivity contribution in [2.75, 3.05) is 18.7 Å². The Hall–Kier alpha value is -0.670.